The first-order valence-corrected chi connectivity index (χ1v) is 12.9. The van der Waals surface area contributed by atoms with Crippen LogP contribution in [0.3, 0.4) is 0 Å². The largest absolute Gasteiger partial charge is 0.495 e. The molecule has 10 heteroatoms. The number of carbonyl (C=O) groups excluding carboxylic acids is 2. The minimum atomic E-state index is -0.544. The molecule has 2 heterocycles. The number of hydrogen-bond acceptors (Lipinski definition) is 8. The molecule has 4 rings (SSSR count). The smallest absolute Gasteiger partial charge is 0.251 e. The van der Waals surface area contributed by atoms with E-state index >= 15 is 0 Å². The summed E-state index contributed by atoms with van der Waals surface area (Å²) in [5.74, 6) is 1.58. The van der Waals surface area contributed by atoms with E-state index in [2.05, 4.69) is 20.5 Å². The van der Waals surface area contributed by atoms with Crippen molar-refractivity contribution >= 4 is 35.0 Å². The van der Waals surface area contributed by atoms with E-state index in [9.17, 15) is 9.59 Å². The van der Waals surface area contributed by atoms with Gasteiger partial charge in [-0.15, -0.1) is 0 Å². The molecule has 0 bridgehead atoms. The molecule has 1 fully saturated rings. The number of methoxy groups -OCH3 is 1. The lowest BCUT2D eigenvalue weighted by Gasteiger charge is -2.34. The van der Waals surface area contributed by atoms with E-state index in [0.29, 0.717) is 47.8 Å². The highest BCUT2D eigenvalue weighted by atomic mass is 16.5. The number of nitrogens with zero attached hydrogens (tertiary/aromatic N) is 5. The molecule has 0 atom stereocenters. The van der Waals surface area contributed by atoms with Crippen molar-refractivity contribution in [1.29, 1.82) is 0 Å². The Labute approximate surface area is 219 Å². The number of carbonyl (C=O) groups is 2. The fourth-order valence-corrected chi connectivity index (χ4v) is 5.08. The third-order valence-electron chi connectivity index (χ3n) is 7.15. The first kappa shape index (κ1) is 26.7. The molecule has 0 spiro atoms. The topological polar surface area (TPSA) is 103 Å². The summed E-state index contributed by atoms with van der Waals surface area (Å²) in [6.45, 7) is 5.91. The van der Waals surface area contributed by atoms with Gasteiger partial charge in [0.15, 0.2) is 5.82 Å². The Morgan fingerprint density at radius 2 is 1.97 bits per heavy atom. The van der Waals surface area contributed by atoms with E-state index in [-0.39, 0.29) is 11.8 Å². The van der Waals surface area contributed by atoms with Crippen LogP contribution in [0.2, 0.25) is 0 Å². The van der Waals surface area contributed by atoms with Crippen LogP contribution in [0.5, 0.6) is 5.75 Å². The highest BCUT2D eigenvalue weighted by Crippen LogP contribution is 2.40. The van der Waals surface area contributed by atoms with Crippen LogP contribution in [0.4, 0.5) is 23.1 Å². The van der Waals surface area contributed by atoms with Crippen LogP contribution in [-0.2, 0) is 4.79 Å². The molecule has 0 unspecified atom stereocenters. The normalized spacial score (nSPS) is 17.5. The van der Waals surface area contributed by atoms with E-state index in [4.69, 9.17) is 9.72 Å². The molecule has 2 aromatic rings. The zero-order valence-electron chi connectivity index (χ0n) is 22.8. The van der Waals surface area contributed by atoms with Gasteiger partial charge in [0.1, 0.15) is 11.4 Å². The second-order valence-corrected chi connectivity index (χ2v) is 10.8. The van der Waals surface area contributed by atoms with Crippen molar-refractivity contribution < 1.29 is 14.3 Å². The van der Waals surface area contributed by atoms with Crippen LogP contribution in [0, 0.1) is 5.41 Å². The SMILES string of the molecule is COc1cc(C(=O)NCCN(C)C)ccc1Nc1ncc2c(n1)N(C1CCCC1)CC(C)(C)C(=O)N2C. The zero-order valence-corrected chi connectivity index (χ0v) is 22.8. The molecule has 2 amide bonds. The predicted molar refractivity (Wildman–Crippen MR) is 146 cm³/mol. The lowest BCUT2D eigenvalue weighted by atomic mass is 9.91. The summed E-state index contributed by atoms with van der Waals surface area (Å²) in [5, 5.41) is 6.18. The van der Waals surface area contributed by atoms with E-state index in [1.165, 1.54) is 12.8 Å². The third kappa shape index (κ3) is 5.79. The van der Waals surface area contributed by atoms with Gasteiger partial charge in [-0.2, -0.15) is 4.98 Å². The van der Waals surface area contributed by atoms with Gasteiger partial charge in [0.2, 0.25) is 11.9 Å². The van der Waals surface area contributed by atoms with E-state index < -0.39 is 5.41 Å². The van der Waals surface area contributed by atoms with Gasteiger partial charge in [0.25, 0.3) is 5.91 Å². The van der Waals surface area contributed by atoms with Gasteiger partial charge >= 0.3 is 0 Å². The number of rotatable bonds is 8. The maximum atomic E-state index is 13.2. The lowest BCUT2D eigenvalue weighted by molar-refractivity contribution is -0.125. The average molecular weight is 510 g/mol. The average Bonchev–Trinajstić information content (AvgIpc) is 3.39. The van der Waals surface area contributed by atoms with E-state index in [1.807, 2.05) is 32.8 Å². The number of ether oxygens (including phenoxy) is 1. The summed E-state index contributed by atoms with van der Waals surface area (Å²) in [7, 11) is 7.29. The fraction of sp³-hybridized carbons (Fsp3) is 0.556. The third-order valence-corrected chi connectivity index (χ3v) is 7.15. The monoisotopic (exact) mass is 509 g/mol. The zero-order chi connectivity index (χ0) is 26.7. The molecule has 2 N–H and O–H groups in total. The second kappa shape index (κ2) is 10.9. The van der Waals surface area contributed by atoms with Crippen molar-refractivity contribution in [2.45, 2.75) is 45.6 Å². The summed E-state index contributed by atoms with van der Waals surface area (Å²) < 4.78 is 5.57. The molecule has 10 nitrogen and oxygen atoms in total. The molecule has 1 aromatic heterocycles. The molecule has 1 aromatic carbocycles. The number of likely N-dealkylation sites (N-methyl/N-ethyl adjacent to an activating group) is 1. The summed E-state index contributed by atoms with van der Waals surface area (Å²) in [6, 6.07) is 5.60. The van der Waals surface area contributed by atoms with Crippen LogP contribution in [0.25, 0.3) is 0 Å². The Hall–Kier alpha value is -3.40. The Kier molecular flexibility index (Phi) is 7.87. The van der Waals surface area contributed by atoms with Gasteiger partial charge in [-0.25, -0.2) is 4.98 Å². The molecule has 200 valence electrons. The quantitative estimate of drug-likeness (QED) is 0.559. The van der Waals surface area contributed by atoms with Crippen LogP contribution in [0.15, 0.2) is 24.4 Å². The predicted octanol–water partition coefficient (Wildman–Crippen LogP) is 3.27. The first-order chi connectivity index (χ1) is 17.6. The van der Waals surface area contributed by atoms with Crippen molar-refractivity contribution in [1.82, 2.24) is 20.2 Å². The van der Waals surface area contributed by atoms with Crippen LogP contribution in [0.1, 0.15) is 49.9 Å². The molecule has 2 aliphatic rings. The Balaban J connectivity index is 1.61. The highest BCUT2D eigenvalue weighted by Gasteiger charge is 2.41. The minimum absolute atomic E-state index is 0.0553. The van der Waals surface area contributed by atoms with Gasteiger partial charge < -0.3 is 30.1 Å². The fourth-order valence-electron chi connectivity index (χ4n) is 5.08. The molecule has 0 radical (unpaired) electrons. The first-order valence-electron chi connectivity index (χ1n) is 12.9. The molecule has 1 aliphatic carbocycles. The molecular weight excluding hydrogens is 470 g/mol. The van der Waals surface area contributed by atoms with Crippen LogP contribution >= 0.6 is 0 Å². The number of aromatic nitrogens is 2. The Morgan fingerprint density at radius 1 is 1.24 bits per heavy atom. The van der Waals surface area contributed by atoms with Crippen molar-refractivity contribution in [3.63, 3.8) is 0 Å². The number of hydrogen-bond donors (Lipinski definition) is 2. The molecule has 37 heavy (non-hydrogen) atoms. The van der Waals surface area contributed by atoms with Crippen LogP contribution < -0.4 is 25.2 Å². The van der Waals surface area contributed by atoms with E-state index in [1.54, 1.807) is 43.5 Å². The molecule has 1 aliphatic heterocycles. The van der Waals surface area contributed by atoms with Crippen molar-refractivity contribution in [2.24, 2.45) is 5.41 Å². The standard InChI is InChI=1S/C27H39N7O3/c1-27(2)17-34(19-9-7-8-10-19)23-21(33(5)25(27)36)16-29-26(31-23)30-20-12-11-18(15-22(20)37-6)24(35)28-13-14-32(3)4/h11-12,15-16,19H,7-10,13-14,17H2,1-6H3,(H,28,35)(H,29,30,31). The van der Waals surface area contributed by atoms with Crippen LogP contribution in [-0.4, -0.2) is 80.6 Å². The maximum Gasteiger partial charge on any atom is 0.251 e. The Bertz CT molecular complexity index is 1140. The summed E-state index contributed by atoms with van der Waals surface area (Å²) >= 11 is 0. The van der Waals surface area contributed by atoms with Crippen molar-refractivity contribution in [3.8, 4) is 5.75 Å². The highest BCUT2D eigenvalue weighted by molar-refractivity contribution is 6.01. The van der Waals surface area contributed by atoms with Gasteiger partial charge in [0, 0.05) is 38.3 Å². The van der Waals surface area contributed by atoms with Crippen molar-refractivity contribution in [2.75, 3.05) is 63.0 Å². The van der Waals surface area contributed by atoms with Gasteiger partial charge in [-0.05, 0) is 59.0 Å². The minimum Gasteiger partial charge on any atom is -0.495 e. The lowest BCUT2D eigenvalue weighted by Crippen LogP contribution is -2.45. The number of nitrogens with one attached hydrogen (secondary N) is 2. The number of benzene rings is 1. The Morgan fingerprint density at radius 3 is 2.65 bits per heavy atom. The summed E-state index contributed by atoms with van der Waals surface area (Å²) in [5.41, 5.74) is 1.33. The molecule has 0 saturated heterocycles. The molecule has 1 saturated carbocycles. The number of amides is 2. The molecular formula is C27H39N7O3. The summed E-state index contributed by atoms with van der Waals surface area (Å²) in [6.07, 6.45) is 6.26. The number of anilines is 4. The van der Waals surface area contributed by atoms with Crippen molar-refractivity contribution in [3.05, 3.63) is 30.0 Å². The van der Waals surface area contributed by atoms with Gasteiger partial charge in [0.05, 0.1) is 24.4 Å². The summed E-state index contributed by atoms with van der Waals surface area (Å²) in [4.78, 5) is 41.2. The second-order valence-electron chi connectivity index (χ2n) is 10.8. The van der Waals surface area contributed by atoms with E-state index in [0.717, 1.165) is 25.2 Å². The van der Waals surface area contributed by atoms with Gasteiger partial charge in [-0.3, -0.25) is 9.59 Å². The number of fused-ring (bicyclic) bond motifs is 1. The maximum absolute atomic E-state index is 13.2. The van der Waals surface area contributed by atoms with Gasteiger partial charge in [-0.1, -0.05) is 12.8 Å².